The van der Waals surface area contributed by atoms with Gasteiger partial charge in [-0.1, -0.05) is 30.3 Å². The summed E-state index contributed by atoms with van der Waals surface area (Å²) in [5, 5.41) is 17.7. The van der Waals surface area contributed by atoms with Crippen molar-refractivity contribution in [3.63, 3.8) is 0 Å². The third kappa shape index (κ3) is 3.66. The Morgan fingerprint density at radius 3 is 2.44 bits per heavy atom. The first-order chi connectivity index (χ1) is 12.0. The zero-order valence-electron chi connectivity index (χ0n) is 13.3. The predicted octanol–water partition coefficient (Wildman–Crippen LogP) is 1.68. The summed E-state index contributed by atoms with van der Waals surface area (Å²) < 4.78 is 6.91. The minimum atomic E-state index is -1.26. The number of benzene rings is 2. The van der Waals surface area contributed by atoms with Crippen molar-refractivity contribution in [2.75, 3.05) is 5.32 Å². The van der Waals surface area contributed by atoms with Crippen molar-refractivity contribution in [1.29, 1.82) is 0 Å². The second-order valence-electron chi connectivity index (χ2n) is 5.22. The number of rotatable bonds is 5. The van der Waals surface area contributed by atoms with Crippen LogP contribution in [-0.2, 0) is 7.05 Å². The average Bonchev–Trinajstić information content (AvgIpc) is 2.62. The summed E-state index contributed by atoms with van der Waals surface area (Å²) in [4.78, 5) is 23.2. The summed E-state index contributed by atoms with van der Waals surface area (Å²) in [6, 6.07) is 14.9. The third-order valence-corrected chi connectivity index (χ3v) is 3.46. The van der Waals surface area contributed by atoms with E-state index in [1.165, 1.54) is 42.2 Å². The van der Waals surface area contributed by atoms with Gasteiger partial charge in [0.1, 0.15) is 5.75 Å². The molecule has 7 heteroatoms. The van der Waals surface area contributed by atoms with Gasteiger partial charge in [0.05, 0.1) is 12.2 Å². The van der Waals surface area contributed by atoms with Crippen LogP contribution in [0.3, 0.4) is 0 Å². The van der Waals surface area contributed by atoms with Gasteiger partial charge in [-0.25, -0.2) is 4.68 Å². The molecule has 0 radical (unpaired) electrons. The fourth-order valence-corrected chi connectivity index (χ4v) is 2.17. The molecule has 1 N–H and O–H groups in total. The normalized spacial score (nSPS) is 10.3. The van der Waals surface area contributed by atoms with Crippen LogP contribution in [0.5, 0.6) is 11.5 Å². The lowest BCUT2D eigenvalue weighted by molar-refractivity contribution is -0.255. The lowest BCUT2D eigenvalue weighted by Crippen LogP contribution is -2.23. The molecule has 0 spiro atoms. The van der Waals surface area contributed by atoms with Gasteiger partial charge in [-0.3, -0.25) is 4.79 Å². The van der Waals surface area contributed by atoms with E-state index in [2.05, 4.69) is 10.4 Å². The summed E-state index contributed by atoms with van der Waals surface area (Å²) >= 11 is 0. The highest BCUT2D eigenvalue weighted by Gasteiger charge is 2.12. The summed E-state index contributed by atoms with van der Waals surface area (Å²) in [6.07, 6.45) is 1.44. The van der Waals surface area contributed by atoms with Crippen LogP contribution in [0.25, 0.3) is 0 Å². The zero-order chi connectivity index (χ0) is 17.8. The van der Waals surface area contributed by atoms with Crippen LogP contribution in [0.15, 0.2) is 65.6 Å². The molecule has 25 heavy (non-hydrogen) atoms. The first kappa shape index (κ1) is 16.3. The number of aryl methyl sites for hydroxylation is 1. The van der Waals surface area contributed by atoms with Gasteiger partial charge in [0.15, 0.2) is 11.4 Å². The van der Waals surface area contributed by atoms with Gasteiger partial charge in [-0.05, 0) is 29.8 Å². The van der Waals surface area contributed by atoms with E-state index >= 15 is 0 Å². The number of para-hydroxylation sites is 1. The number of carboxylic acid groups (broad SMARTS) is 1. The van der Waals surface area contributed by atoms with Crippen LogP contribution in [0.1, 0.15) is 10.4 Å². The number of carbonyl (C=O) groups is 1. The smallest absolute Gasteiger partial charge is 0.294 e. The molecule has 1 heterocycles. The lowest BCUT2D eigenvalue weighted by atomic mass is 10.2. The minimum Gasteiger partial charge on any atom is -0.545 e. The molecule has 2 aromatic carbocycles. The van der Waals surface area contributed by atoms with Gasteiger partial charge < -0.3 is 20.0 Å². The molecule has 0 unspecified atom stereocenters. The molecule has 0 fully saturated rings. The van der Waals surface area contributed by atoms with Crippen molar-refractivity contribution in [2.24, 2.45) is 7.05 Å². The molecule has 0 bridgehead atoms. The molecule has 0 saturated carbocycles. The second-order valence-corrected chi connectivity index (χ2v) is 5.22. The average molecular weight is 336 g/mol. The van der Waals surface area contributed by atoms with Crippen molar-refractivity contribution in [2.45, 2.75) is 0 Å². The van der Waals surface area contributed by atoms with Crippen LogP contribution >= 0.6 is 0 Å². The summed E-state index contributed by atoms with van der Waals surface area (Å²) in [6.45, 7) is 0. The van der Waals surface area contributed by atoms with E-state index in [4.69, 9.17) is 4.74 Å². The number of ether oxygens (including phenoxy) is 1. The molecule has 1 aromatic heterocycles. The lowest BCUT2D eigenvalue weighted by Gasteiger charge is -2.13. The maximum absolute atomic E-state index is 12.4. The Hall–Kier alpha value is -3.61. The fourth-order valence-electron chi connectivity index (χ4n) is 2.17. The maximum Gasteiger partial charge on any atom is 0.294 e. The number of carboxylic acids is 1. The van der Waals surface area contributed by atoms with Crippen LogP contribution in [0.4, 0.5) is 11.4 Å². The molecule has 0 aliphatic carbocycles. The largest absolute Gasteiger partial charge is 0.545 e. The molecule has 0 saturated heterocycles. The van der Waals surface area contributed by atoms with Crippen molar-refractivity contribution in [1.82, 2.24) is 9.78 Å². The zero-order valence-corrected chi connectivity index (χ0v) is 13.3. The van der Waals surface area contributed by atoms with E-state index in [0.717, 1.165) is 0 Å². The van der Waals surface area contributed by atoms with Crippen molar-refractivity contribution < 1.29 is 14.6 Å². The van der Waals surface area contributed by atoms with E-state index in [1.54, 1.807) is 12.1 Å². The van der Waals surface area contributed by atoms with Crippen molar-refractivity contribution in [3.05, 3.63) is 76.7 Å². The van der Waals surface area contributed by atoms with Crippen LogP contribution in [-0.4, -0.2) is 15.7 Å². The fraction of sp³-hybridized carbons (Fsp3) is 0.0556. The Labute approximate surface area is 143 Å². The van der Waals surface area contributed by atoms with Gasteiger partial charge >= 0.3 is 0 Å². The Balaban J connectivity index is 1.95. The van der Waals surface area contributed by atoms with Crippen molar-refractivity contribution in [3.8, 4) is 11.5 Å². The molecular formula is C18H14N3O4-. The summed E-state index contributed by atoms with van der Waals surface area (Å²) in [5.74, 6) is -0.439. The molecule has 3 rings (SSSR count). The summed E-state index contributed by atoms with van der Waals surface area (Å²) in [7, 11) is 1.53. The molecule has 0 atom stereocenters. The van der Waals surface area contributed by atoms with E-state index in [1.807, 2.05) is 18.2 Å². The number of hydrogen-bond donors (Lipinski definition) is 1. The van der Waals surface area contributed by atoms with Gasteiger partial charge in [-0.15, -0.1) is 0 Å². The molecule has 7 nitrogen and oxygen atoms in total. The van der Waals surface area contributed by atoms with Crippen LogP contribution in [0, 0.1) is 0 Å². The Morgan fingerprint density at radius 2 is 1.80 bits per heavy atom. The highest BCUT2D eigenvalue weighted by Crippen LogP contribution is 2.28. The molecule has 0 amide bonds. The SMILES string of the molecule is Cn1ncc(Oc2ccccc2)c(Nc2ccc(C(=O)[O-])cc2)c1=O. The number of aromatic nitrogens is 2. The highest BCUT2D eigenvalue weighted by atomic mass is 16.5. The Morgan fingerprint density at radius 1 is 1.12 bits per heavy atom. The number of nitrogens with one attached hydrogen (secondary N) is 1. The molecular weight excluding hydrogens is 322 g/mol. The number of aromatic carboxylic acids is 1. The highest BCUT2D eigenvalue weighted by molar-refractivity contribution is 5.86. The topological polar surface area (TPSA) is 96.3 Å². The number of anilines is 2. The van der Waals surface area contributed by atoms with E-state index in [9.17, 15) is 14.7 Å². The monoisotopic (exact) mass is 336 g/mol. The van der Waals surface area contributed by atoms with Crippen molar-refractivity contribution >= 4 is 17.3 Å². The third-order valence-electron chi connectivity index (χ3n) is 3.46. The summed E-state index contributed by atoms with van der Waals surface area (Å²) in [5.41, 5.74) is 0.403. The minimum absolute atomic E-state index is 0.0499. The van der Waals surface area contributed by atoms with Gasteiger partial charge in [0.2, 0.25) is 0 Å². The van der Waals surface area contributed by atoms with E-state index in [-0.39, 0.29) is 22.6 Å². The maximum atomic E-state index is 12.4. The first-order valence-electron chi connectivity index (χ1n) is 7.42. The van der Waals surface area contributed by atoms with Gasteiger partial charge in [0, 0.05) is 12.7 Å². The van der Waals surface area contributed by atoms with Crippen LogP contribution in [0.2, 0.25) is 0 Å². The van der Waals surface area contributed by atoms with Gasteiger partial charge in [0.25, 0.3) is 5.56 Å². The van der Waals surface area contributed by atoms with E-state index < -0.39 is 5.97 Å². The standard InChI is InChI=1S/C18H15N3O4/c1-21-17(22)16(20-13-9-7-12(8-10-13)18(23)24)15(11-19-21)25-14-5-3-2-4-6-14/h2-11,20H,1H3,(H,23,24)/p-1. The quantitative estimate of drug-likeness (QED) is 0.761. The first-order valence-corrected chi connectivity index (χ1v) is 7.42. The molecule has 3 aromatic rings. The van der Waals surface area contributed by atoms with E-state index in [0.29, 0.717) is 11.4 Å². The number of carbonyl (C=O) groups excluding carboxylic acids is 1. The predicted molar refractivity (Wildman–Crippen MR) is 90.0 cm³/mol. The Kier molecular flexibility index (Phi) is 4.47. The second kappa shape index (κ2) is 6.88. The number of hydrogen-bond acceptors (Lipinski definition) is 6. The molecule has 126 valence electrons. The van der Waals surface area contributed by atoms with Crippen LogP contribution < -0.4 is 20.7 Å². The molecule has 0 aliphatic rings. The number of nitrogens with zero attached hydrogens (tertiary/aromatic N) is 2. The Bertz CT molecular complexity index is 950. The molecule has 0 aliphatic heterocycles. The van der Waals surface area contributed by atoms with Gasteiger partial charge in [-0.2, -0.15) is 5.10 Å².